The molecule has 90 valence electrons. The number of esters is 1. The normalized spacial score (nSPS) is 10.4. The third-order valence-corrected chi connectivity index (χ3v) is 1.95. The average molecular weight is 228 g/mol. The first-order valence-electron chi connectivity index (χ1n) is 5.03. The second-order valence-electron chi connectivity index (χ2n) is 3.20. The molecule has 0 aliphatic rings. The van der Waals surface area contributed by atoms with Gasteiger partial charge in [-0.3, -0.25) is 4.79 Å². The molecule has 2 N–H and O–H groups in total. The molecule has 1 aromatic heterocycles. The molecular formula is C9H16N4O3. The molecule has 0 saturated heterocycles. The Balaban J connectivity index is 2.19. The van der Waals surface area contributed by atoms with Gasteiger partial charge >= 0.3 is 5.97 Å². The van der Waals surface area contributed by atoms with E-state index in [1.54, 1.807) is 10.9 Å². The fraction of sp³-hybridized carbons (Fsp3) is 0.667. The highest BCUT2D eigenvalue weighted by Crippen LogP contribution is 1.92. The number of aliphatic hydroxyl groups excluding tert-OH is 1. The van der Waals surface area contributed by atoms with Gasteiger partial charge in [0.1, 0.15) is 0 Å². The van der Waals surface area contributed by atoms with Crippen molar-refractivity contribution in [1.82, 2.24) is 20.3 Å². The molecule has 0 radical (unpaired) electrons. The Bertz CT molecular complexity index is 326. The largest absolute Gasteiger partial charge is 0.469 e. The van der Waals surface area contributed by atoms with Gasteiger partial charge in [-0.25, -0.2) is 4.68 Å². The van der Waals surface area contributed by atoms with Crippen LogP contribution in [0.15, 0.2) is 6.20 Å². The number of aromatic nitrogens is 3. The fourth-order valence-corrected chi connectivity index (χ4v) is 1.14. The van der Waals surface area contributed by atoms with E-state index in [1.807, 2.05) is 0 Å². The maximum absolute atomic E-state index is 10.8. The van der Waals surface area contributed by atoms with Gasteiger partial charge in [0.05, 0.1) is 32.4 Å². The van der Waals surface area contributed by atoms with E-state index in [1.165, 1.54) is 7.11 Å². The molecule has 0 aliphatic carbocycles. The minimum atomic E-state index is -0.239. The van der Waals surface area contributed by atoms with Crippen molar-refractivity contribution in [2.45, 2.75) is 19.5 Å². The average Bonchev–Trinajstić information content (AvgIpc) is 2.72. The summed E-state index contributed by atoms with van der Waals surface area (Å²) in [5, 5.41) is 19.4. The van der Waals surface area contributed by atoms with Crippen LogP contribution in [-0.2, 0) is 22.6 Å². The summed E-state index contributed by atoms with van der Waals surface area (Å²) in [6, 6.07) is 0. The van der Waals surface area contributed by atoms with E-state index in [0.29, 0.717) is 26.1 Å². The van der Waals surface area contributed by atoms with Crippen molar-refractivity contribution in [3.63, 3.8) is 0 Å². The van der Waals surface area contributed by atoms with Crippen LogP contribution in [0, 0.1) is 0 Å². The second kappa shape index (κ2) is 6.91. The number of carbonyl (C=O) groups excluding carboxylic acids is 1. The lowest BCUT2D eigenvalue weighted by molar-refractivity contribution is -0.140. The number of methoxy groups -OCH3 is 1. The highest BCUT2D eigenvalue weighted by molar-refractivity contribution is 5.69. The highest BCUT2D eigenvalue weighted by Gasteiger charge is 2.01. The molecule has 0 unspecified atom stereocenters. The van der Waals surface area contributed by atoms with Gasteiger partial charge in [0.15, 0.2) is 0 Å². The molecule has 1 rings (SSSR count). The summed E-state index contributed by atoms with van der Waals surface area (Å²) in [5.41, 5.74) is 0.776. The topological polar surface area (TPSA) is 89.3 Å². The van der Waals surface area contributed by atoms with Gasteiger partial charge in [-0.15, -0.1) is 5.10 Å². The summed E-state index contributed by atoms with van der Waals surface area (Å²) >= 11 is 0. The Hall–Kier alpha value is -1.47. The van der Waals surface area contributed by atoms with Crippen LogP contribution >= 0.6 is 0 Å². The zero-order valence-corrected chi connectivity index (χ0v) is 9.22. The number of ether oxygens (including phenoxy) is 1. The minimum absolute atomic E-state index is 0.0402. The van der Waals surface area contributed by atoms with Crippen molar-refractivity contribution in [3.8, 4) is 0 Å². The van der Waals surface area contributed by atoms with Gasteiger partial charge < -0.3 is 15.2 Å². The van der Waals surface area contributed by atoms with Gasteiger partial charge in [-0.1, -0.05) is 5.21 Å². The maximum atomic E-state index is 10.8. The standard InChI is InChI=1S/C9H16N4O3/c1-16-9(15)2-3-10-6-8-7-13(4-5-14)12-11-8/h7,10,14H,2-6H2,1H3. The molecule has 0 spiro atoms. The monoisotopic (exact) mass is 228 g/mol. The fourth-order valence-electron chi connectivity index (χ4n) is 1.14. The molecule has 7 heteroatoms. The van der Waals surface area contributed by atoms with Gasteiger partial charge in [0.25, 0.3) is 0 Å². The third-order valence-electron chi connectivity index (χ3n) is 1.95. The Kier molecular flexibility index (Phi) is 5.44. The van der Waals surface area contributed by atoms with E-state index in [-0.39, 0.29) is 12.6 Å². The number of hydrogen-bond donors (Lipinski definition) is 2. The predicted molar refractivity (Wildman–Crippen MR) is 55.4 cm³/mol. The SMILES string of the molecule is COC(=O)CCNCc1cn(CCO)nn1. The Morgan fingerprint density at radius 2 is 2.50 bits per heavy atom. The van der Waals surface area contributed by atoms with E-state index >= 15 is 0 Å². The number of aliphatic hydroxyl groups is 1. The summed E-state index contributed by atoms with van der Waals surface area (Å²) in [6.07, 6.45) is 2.09. The predicted octanol–water partition coefficient (Wildman–Crippen LogP) is -1.08. The summed E-state index contributed by atoms with van der Waals surface area (Å²) in [5.74, 6) is -0.239. The Morgan fingerprint density at radius 1 is 1.69 bits per heavy atom. The molecule has 0 atom stereocenters. The van der Waals surface area contributed by atoms with Gasteiger partial charge in [0, 0.05) is 19.3 Å². The molecule has 16 heavy (non-hydrogen) atoms. The van der Waals surface area contributed by atoms with E-state index in [0.717, 1.165) is 5.69 Å². The number of hydrogen-bond acceptors (Lipinski definition) is 6. The molecule has 0 aromatic carbocycles. The highest BCUT2D eigenvalue weighted by atomic mass is 16.5. The van der Waals surface area contributed by atoms with Crippen LogP contribution in [-0.4, -0.2) is 46.3 Å². The van der Waals surface area contributed by atoms with Crippen LogP contribution < -0.4 is 5.32 Å². The summed E-state index contributed by atoms with van der Waals surface area (Å²) < 4.78 is 6.07. The lowest BCUT2D eigenvalue weighted by atomic mass is 10.4. The molecule has 0 bridgehead atoms. The van der Waals surface area contributed by atoms with Crippen molar-refractivity contribution >= 4 is 5.97 Å². The van der Waals surface area contributed by atoms with Crippen LogP contribution in [0.1, 0.15) is 12.1 Å². The molecule has 0 amide bonds. The van der Waals surface area contributed by atoms with Gasteiger partial charge in [-0.2, -0.15) is 0 Å². The molecule has 0 fully saturated rings. The zero-order chi connectivity index (χ0) is 11.8. The molecule has 7 nitrogen and oxygen atoms in total. The van der Waals surface area contributed by atoms with Crippen LogP contribution in [0.4, 0.5) is 0 Å². The number of nitrogens with zero attached hydrogens (tertiary/aromatic N) is 3. The Morgan fingerprint density at radius 3 is 3.19 bits per heavy atom. The lowest BCUT2D eigenvalue weighted by Crippen LogP contribution is -2.18. The van der Waals surface area contributed by atoms with Crippen molar-refractivity contribution in [3.05, 3.63) is 11.9 Å². The minimum Gasteiger partial charge on any atom is -0.469 e. The summed E-state index contributed by atoms with van der Waals surface area (Å²) in [4.78, 5) is 10.8. The summed E-state index contributed by atoms with van der Waals surface area (Å²) in [7, 11) is 1.36. The first kappa shape index (κ1) is 12.6. The van der Waals surface area contributed by atoms with Crippen LogP contribution in [0.3, 0.4) is 0 Å². The number of carbonyl (C=O) groups is 1. The van der Waals surface area contributed by atoms with Gasteiger partial charge in [0.2, 0.25) is 0 Å². The van der Waals surface area contributed by atoms with Crippen LogP contribution in [0.25, 0.3) is 0 Å². The number of nitrogens with one attached hydrogen (secondary N) is 1. The lowest BCUT2D eigenvalue weighted by Gasteiger charge is -2.00. The van der Waals surface area contributed by atoms with Crippen LogP contribution in [0.5, 0.6) is 0 Å². The van der Waals surface area contributed by atoms with Crippen LogP contribution in [0.2, 0.25) is 0 Å². The third kappa shape index (κ3) is 4.37. The van der Waals surface area contributed by atoms with E-state index < -0.39 is 0 Å². The van der Waals surface area contributed by atoms with Crippen molar-refractivity contribution in [1.29, 1.82) is 0 Å². The quantitative estimate of drug-likeness (QED) is 0.456. The molecule has 0 aliphatic heterocycles. The molecule has 0 saturated carbocycles. The maximum Gasteiger partial charge on any atom is 0.306 e. The van der Waals surface area contributed by atoms with E-state index in [2.05, 4.69) is 20.4 Å². The number of rotatable bonds is 7. The zero-order valence-electron chi connectivity index (χ0n) is 9.22. The molecular weight excluding hydrogens is 212 g/mol. The second-order valence-corrected chi connectivity index (χ2v) is 3.20. The smallest absolute Gasteiger partial charge is 0.306 e. The van der Waals surface area contributed by atoms with E-state index in [9.17, 15) is 4.79 Å². The van der Waals surface area contributed by atoms with Crippen molar-refractivity contribution < 1.29 is 14.6 Å². The van der Waals surface area contributed by atoms with Crippen molar-refractivity contribution in [2.75, 3.05) is 20.3 Å². The summed E-state index contributed by atoms with van der Waals surface area (Å²) in [6.45, 7) is 1.57. The van der Waals surface area contributed by atoms with E-state index in [4.69, 9.17) is 5.11 Å². The van der Waals surface area contributed by atoms with Crippen molar-refractivity contribution in [2.24, 2.45) is 0 Å². The Labute approximate surface area is 93.4 Å². The first-order valence-corrected chi connectivity index (χ1v) is 5.03. The molecule has 1 heterocycles. The molecule has 1 aromatic rings. The first-order chi connectivity index (χ1) is 7.76. The van der Waals surface area contributed by atoms with Gasteiger partial charge in [-0.05, 0) is 0 Å².